The second-order valence-electron chi connectivity index (χ2n) is 3.12. The lowest BCUT2D eigenvalue weighted by molar-refractivity contribution is 0.392. The van der Waals surface area contributed by atoms with Gasteiger partial charge in [0, 0.05) is 18.0 Å². The fourth-order valence-electron chi connectivity index (χ4n) is 1.45. The molecular weight excluding hydrogens is 194 g/mol. The van der Waals surface area contributed by atoms with Gasteiger partial charge in [-0.3, -0.25) is 4.98 Å². The maximum atomic E-state index is 11.3. The van der Waals surface area contributed by atoms with E-state index in [0.29, 0.717) is 24.2 Å². The highest BCUT2D eigenvalue weighted by Gasteiger charge is 2.12. The molecule has 0 aliphatic carbocycles. The first-order valence-electron chi connectivity index (χ1n) is 4.63. The summed E-state index contributed by atoms with van der Waals surface area (Å²) in [5, 5.41) is 2.60. The largest absolute Gasteiger partial charge is 0.361 e. The summed E-state index contributed by atoms with van der Waals surface area (Å²) in [5.41, 5.74) is 7.22. The van der Waals surface area contributed by atoms with Gasteiger partial charge in [-0.15, -0.1) is 0 Å². The van der Waals surface area contributed by atoms with Crippen molar-refractivity contribution in [1.82, 2.24) is 10.1 Å². The molecule has 0 aliphatic heterocycles. The van der Waals surface area contributed by atoms with Crippen LogP contribution in [0.2, 0.25) is 0 Å². The van der Waals surface area contributed by atoms with E-state index in [-0.39, 0.29) is 5.63 Å². The molecular formula is C10H11N3O2. The summed E-state index contributed by atoms with van der Waals surface area (Å²) in [6, 6.07) is 3.61. The van der Waals surface area contributed by atoms with Gasteiger partial charge in [-0.1, -0.05) is 0 Å². The van der Waals surface area contributed by atoms with Crippen LogP contribution in [0.15, 0.2) is 33.8 Å². The lowest BCUT2D eigenvalue weighted by Crippen LogP contribution is -2.10. The number of rotatable bonds is 3. The van der Waals surface area contributed by atoms with Crippen LogP contribution in [0.1, 0.15) is 5.56 Å². The third-order valence-corrected chi connectivity index (χ3v) is 2.16. The smallest absolute Gasteiger partial charge is 0.338 e. The van der Waals surface area contributed by atoms with Crippen molar-refractivity contribution < 1.29 is 4.52 Å². The van der Waals surface area contributed by atoms with Gasteiger partial charge in [0.25, 0.3) is 0 Å². The molecule has 2 heterocycles. The molecule has 0 aliphatic rings. The van der Waals surface area contributed by atoms with Gasteiger partial charge in [0.05, 0.1) is 11.3 Å². The Bertz CT molecular complexity index is 487. The molecule has 5 heteroatoms. The van der Waals surface area contributed by atoms with E-state index >= 15 is 0 Å². The predicted octanol–water partition coefficient (Wildman–Crippen LogP) is 0.531. The normalized spacial score (nSPS) is 10.5. The van der Waals surface area contributed by atoms with Gasteiger partial charge in [0.2, 0.25) is 0 Å². The molecule has 2 aromatic heterocycles. The Morgan fingerprint density at radius 2 is 2.13 bits per heavy atom. The Balaban J connectivity index is 2.49. The molecule has 0 saturated carbocycles. The van der Waals surface area contributed by atoms with Crippen molar-refractivity contribution >= 4 is 0 Å². The van der Waals surface area contributed by atoms with E-state index in [2.05, 4.69) is 10.1 Å². The third-order valence-electron chi connectivity index (χ3n) is 2.16. The van der Waals surface area contributed by atoms with Crippen LogP contribution in [0.4, 0.5) is 0 Å². The van der Waals surface area contributed by atoms with Crippen LogP contribution in [-0.2, 0) is 6.42 Å². The van der Waals surface area contributed by atoms with Crippen molar-refractivity contribution in [2.24, 2.45) is 5.73 Å². The van der Waals surface area contributed by atoms with E-state index in [1.807, 2.05) is 0 Å². The number of aromatic amines is 1. The summed E-state index contributed by atoms with van der Waals surface area (Å²) in [5.74, 6) is 0. The molecule has 0 amide bonds. The maximum Gasteiger partial charge on any atom is 0.361 e. The summed E-state index contributed by atoms with van der Waals surface area (Å²) < 4.78 is 4.75. The van der Waals surface area contributed by atoms with Gasteiger partial charge < -0.3 is 10.3 Å². The minimum absolute atomic E-state index is 0.354. The fourth-order valence-corrected chi connectivity index (χ4v) is 1.45. The van der Waals surface area contributed by atoms with Crippen LogP contribution in [0, 0.1) is 0 Å². The Hall–Kier alpha value is -1.88. The van der Waals surface area contributed by atoms with E-state index in [1.54, 1.807) is 24.5 Å². The van der Waals surface area contributed by atoms with Crippen molar-refractivity contribution in [3.05, 3.63) is 40.5 Å². The highest BCUT2D eigenvalue weighted by molar-refractivity contribution is 5.61. The van der Waals surface area contributed by atoms with Gasteiger partial charge in [0.1, 0.15) is 0 Å². The number of pyridine rings is 1. The standard InChI is InChI=1S/C10H11N3O2/c11-4-1-8-9(13-15-10(8)14)7-2-5-12-6-3-7/h2-3,5-6,13H,1,4,11H2. The van der Waals surface area contributed by atoms with Crippen LogP contribution in [-0.4, -0.2) is 16.7 Å². The molecule has 2 aromatic rings. The van der Waals surface area contributed by atoms with E-state index in [0.717, 1.165) is 5.56 Å². The van der Waals surface area contributed by atoms with Gasteiger partial charge >= 0.3 is 5.63 Å². The Morgan fingerprint density at radius 1 is 1.40 bits per heavy atom. The molecule has 0 saturated heterocycles. The summed E-state index contributed by atoms with van der Waals surface area (Å²) in [6.07, 6.45) is 3.82. The molecule has 0 fully saturated rings. The number of hydrogen-bond donors (Lipinski definition) is 2. The molecule has 0 bridgehead atoms. The first-order valence-corrected chi connectivity index (χ1v) is 4.63. The van der Waals surface area contributed by atoms with Crippen molar-refractivity contribution in [2.75, 3.05) is 6.54 Å². The van der Waals surface area contributed by atoms with Crippen molar-refractivity contribution in [1.29, 1.82) is 0 Å². The monoisotopic (exact) mass is 205 g/mol. The van der Waals surface area contributed by atoms with E-state index in [4.69, 9.17) is 10.3 Å². The van der Waals surface area contributed by atoms with Crippen molar-refractivity contribution in [3.8, 4) is 11.3 Å². The molecule has 5 nitrogen and oxygen atoms in total. The minimum atomic E-state index is -0.354. The highest BCUT2D eigenvalue weighted by Crippen LogP contribution is 2.18. The molecule has 0 spiro atoms. The topological polar surface area (TPSA) is 84.9 Å². The summed E-state index contributed by atoms with van der Waals surface area (Å²) in [7, 11) is 0. The number of nitrogens with one attached hydrogen (secondary N) is 1. The first-order chi connectivity index (χ1) is 7.33. The van der Waals surface area contributed by atoms with Gasteiger partial charge in [-0.05, 0) is 25.1 Å². The van der Waals surface area contributed by atoms with E-state index in [9.17, 15) is 4.79 Å². The molecule has 0 unspecified atom stereocenters. The molecule has 2 rings (SSSR count). The molecule has 3 N–H and O–H groups in total. The van der Waals surface area contributed by atoms with E-state index in [1.165, 1.54) is 0 Å². The minimum Gasteiger partial charge on any atom is -0.338 e. The predicted molar refractivity (Wildman–Crippen MR) is 55.3 cm³/mol. The van der Waals surface area contributed by atoms with Crippen molar-refractivity contribution in [2.45, 2.75) is 6.42 Å². The van der Waals surface area contributed by atoms with E-state index < -0.39 is 0 Å². The maximum absolute atomic E-state index is 11.3. The number of hydrogen-bond acceptors (Lipinski definition) is 4. The number of aromatic nitrogens is 2. The molecule has 0 radical (unpaired) electrons. The van der Waals surface area contributed by atoms with Crippen LogP contribution in [0.5, 0.6) is 0 Å². The molecule has 0 atom stereocenters. The lowest BCUT2D eigenvalue weighted by atomic mass is 10.1. The SMILES string of the molecule is NCCc1c(-c2ccncc2)[nH]oc1=O. The van der Waals surface area contributed by atoms with Gasteiger partial charge in [-0.2, -0.15) is 0 Å². The van der Waals surface area contributed by atoms with Gasteiger partial charge in [-0.25, -0.2) is 9.95 Å². The zero-order valence-electron chi connectivity index (χ0n) is 8.06. The Labute approximate surface area is 85.9 Å². The molecule has 15 heavy (non-hydrogen) atoms. The quantitative estimate of drug-likeness (QED) is 0.765. The highest BCUT2D eigenvalue weighted by atomic mass is 16.5. The zero-order chi connectivity index (χ0) is 10.7. The van der Waals surface area contributed by atoms with Gasteiger partial charge in [0.15, 0.2) is 0 Å². The first kappa shape index (κ1) is 9.67. The number of nitrogens with zero attached hydrogens (tertiary/aromatic N) is 1. The average molecular weight is 205 g/mol. The summed E-state index contributed by atoms with van der Waals surface area (Å²) >= 11 is 0. The number of nitrogens with two attached hydrogens (primary N) is 1. The molecule has 0 aromatic carbocycles. The Morgan fingerprint density at radius 3 is 2.80 bits per heavy atom. The second-order valence-corrected chi connectivity index (χ2v) is 3.12. The van der Waals surface area contributed by atoms with Crippen molar-refractivity contribution in [3.63, 3.8) is 0 Å². The fraction of sp³-hybridized carbons (Fsp3) is 0.200. The summed E-state index contributed by atoms with van der Waals surface area (Å²) in [6.45, 7) is 0.417. The lowest BCUT2D eigenvalue weighted by Gasteiger charge is -1.98. The van der Waals surface area contributed by atoms with Crippen LogP contribution in [0.3, 0.4) is 0 Å². The van der Waals surface area contributed by atoms with Crippen LogP contribution >= 0.6 is 0 Å². The Kier molecular flexibility index (Phi) is 2.64. The summed E-state index contributed by atoms with van der Waals surface area (Å²) in [4.78, 5) is 15.2. The molecule has 78 valence electrons. The average Bonchev–Trinajstić information content (AvgIpc) is 2.63. The van der Waals surface area contributed by atoms with Crippen LogP contribution < -0.4 is 11.4 Å². The second kappa shape index (κ2) is 4.10. The van der Waals surface area contributed by atoms with Crippen LogP contribution in [0.25, 0.3) is 11.3 Å². The third kappa shape index (κ3) is 1.82. The number of H-pyrrole nitrogens is 1. The zero-order valence-corrected chi connectivity index (χ0v) is 8.06.